The van der Waals surface area contributed by atoms with E-state index in [-0.39, 0.29) is 22.3 Å². The number of carbonyl (C=O) groups excluding carboxylic acids is 1. The summed E-state index contributed by atoms with van der Waals surface area (Å²) in [5.41, 5.74) is 1.06. The maximum Gasteiger partial charge on any atom is 0.337 e. The average molecular weight is 288 g/mol. The quantitative estimate of drug-likeness (QED) is 0.880. The Hall–Kier alpha value is -2.69. The van der Waals surface area contributed by atoms with E-state index in [4.69, 9.17) is 0 Å². The number of halogens is 1. The lowest BCUT2D eigenvalue weighted by Gasteiger charge is -2.10. The number of carbonyl (C=O) groups is 2. The molecule has 108 valence electrons. The van der Waals surface area contributed by atoms with E-state index in [0.29, 0.717) is 5.56 Å². The fourth-order valence-corrected chi connectivity index (χ4v) is 2.15. The van der Waals surface area contributed by atoms with Gasteiger partial charge >= 0.3 is 11.9 Å². The van der Waals surface area contributed by atoms with Gasteiger partial charge in [-0.1, -0.05) is 24.3 Å². The van der Waals surface area contributed by atoms with Crippen LogP contribution >= 0.6 is 0 Å². The van der Waals surface area contributed by atoms with E-state index >= 15 is 0 Å². The lowest BCUT2D eigenvalue weighted by Crippen LogP contribution is -2.05. The van der Waals surface area contributed by atoms with Crippen molar-refractivity contribution < 1.29 is 23.8 Å². The molecule has 4 nitrogen and oxygen atoms in total. The van der Waals surface area contributed by atoms with Gasteiger partial charge < -0.3 is 9.84 Å². The molecule has 0 spiro atoms. The largest absolute Gasteiger partial charge is 0.478 e. The molecule has 2 rings (SSSR count). The summed E-state index contributed by atoms with van der Waals surface area (Å²) in [6.07, 6.45) is 0. The van der Waals surface area contributed by atoms with Crippen LogP contribution < -0.4 is 0 Å². The van der Waals surface area contributed by atoms with Crippen molar-refractivity contribution >= 4 is 11.9 Å². The Labute approximate surface area is 120 Å². The first-order chi connectivity index (χ1) is 9.95. The molecule has 0 saturated carbocycles. The highest BCUT2D eigenvalue weighted by Gasteiger charge is 2.18. The third kappa shape index (κ3) is 2.76. The number of aromatic carboxylic acids is 1. The highest BCUT2D eigenvalue weighted by atomic mass is 19.1. The average Bonchev–Trinajstić information content (AvgIpc) is 2.45. The van der Waals surface area contributed by atoms with Gasteiger partial charge in [-0.25, -0.2) is 14.0 Å². The molecular weight excluding hydrogens is 275 g/mol. The summed E-state index contributed by atoms with van der Waals surface area (Å²) >= 11 is 0. The zero-order chi connectivity index (χ0) is 15.6. The molecule has 0 aliphatic carbocycles. The second kappa shape index (κ2) is 5.75. The summed E-state index contributed by atoms with van der Waals surface area (Å²) in [7, 11) is 1.21. The van der Waals surface area contributed by atoms with Gasteiger partial charge in [0, 0.05) is 5.56 Å². The molecule has 2 aromatic carbocycles. The van der Waals surface area contributed by atoms with Crippen molar-refractivity contribution in [3.8, 4) is 11.1 Å². The van der Waals surface area contributed by atoms with Crippen LogP contribution in [0, 0.1) is 12.7 Å². The Balaban J connectivity index is 2.61. The number of aryl methyl sites for hydroxylation is 1. The molecule has 5 heteroatoms. The Kier molecular flexibility index (Phi) is 4.03. The molecule has 0 heterocycles. The van der Waals surface area contributed by atoms with Crippen molar-refractivity contribution in [2.45, 2.75) is 6.92 Å². The first-order valence-electron chi connectivity index (χ1n) is 6.17. The Morgan fingerprint density at radius 1 is 1.14 bits per heavy atom. The van der Waals surface area contributed by atoms with Crippen molar-refractivity contribution in [2.75, 3.05) is 7.11 Å². The van der Waals surface area contributed by atoms with Gasteiger partial charge in [0.05, 0.1) is 18.2 Å². The third-order valence-electron chi connectivity index (χ3n) is 3.17. The first kappa shape index (κ1) is 14.7. The number of rotatable bonds is 3. The van der Waals surface area contributed by atoms with Crippen LogP contribution in [-0.2, 0) is 4.74 Å². The molecule has 0 fully saturated rings. The van der Waals surface area contributed by atoms with Crippen LogP contribution in [0.25, 0.3) is 11.1 Å². The molecule has 0 saturated heterocycles. The topological polar surface area (TPSA) is 63.6 Å². The zero-order valence-corrected chi connectivity index (χ0v) is 11.5. The van der Waals surface area contributed by atoms with Crippen molar-refractivity contribution in [1.29, 1.82) is 0 Å². The fraction of sp³-hybridized carbons (Fsp3) is 0.125. The number of ether oxygens (including phenoxy) is 1. The van der Waals surface area contributed by atoms with E-state index in [2.05, 4.69) is 4.74 Å². The maximum absolute atomic E-state index is 14.2. The molecule has 0 unspecified atom stereocenters. The van der Waals surface area contributed by atoms with Gasteiger partial charge in [0.25, 0.3) is 0 Å². The van der Waals surface area contributed by atoms with Crippen LogP contribution in [0.1, 0.15) is 26.3 Å². The number of esters is 1. The molecule has 21 heavy (non-hydrogen) atoms. The SMILES string of the molecule is COC(=O)c1ccc(-c2cccc(C)c2C(=O)O)c(F)c1. The monoisotopic (exact) mass is 288 g/mol. The lowest BCUT2D eigenvalue weighted by atomic mass is 9.95. The predicted octanol–water partition coefficient (Wildman–Crippen LogP) is 3.29. The number of carboxylic acid groups (broad SMARTS) is 1. The van der Waals surface area contributed by atoms with Gasteiger partial charge in [-0.15, -0.1) is 0 Å². The van der Waals surface area contributed by atoms with E-state index in [1.807, 2.05) is 0 Å². The normalized spacial score (nSPS) is 10.2. The highest BCUT2D eigenvalue weighted by molar-refractivity contribution is 5.98. The number of carboxylic acids is 1. The summed E-state index contributed by atoms with van der Waals surface area (Å²) < 4.78 is 18.7. The molecular formula is C16H13FO4. The molecule has 0 amide bonds. The number of hydrogen-bond acceptors (Lipinski definition) is 3. The molecule has 0 aromatic heterocycles. The minimum absolute atomic E-state index is 0.0437. The lowest BCUT2D eigenvalue weighted by molar-refractivity contribution is 0.0599. The Bertz CT molecular complexity index is 722. The maximum atomic E-state index is 14.2. The molecule has 0 bridgehead atoms. The van der Waals surface area contributed by atoms with Crippen LogP contribution in [0.2, 0.25) is 0 Å². The highest BCUT2D eigenvalue weighted by Crippen LogP contribution is 2.29. The number of methoxy groups -OCH3 is 1. The van der Waals surface area contributed by atoms with Crippen molar-refractivity contribution in [3.63, 3.8) is 0 Å². The minimum atomic E-state index is -1.13. The van der Waals surface area contributed by atoms with Crippen LogP contribution in [0.5, 0.6) is 0 Å². The molecule has 0 aliphatic rings. The van der Waals surface area contributed by atoms with Crippen LogP contribution in [0.15, 0.2) is 36.4 Å². The Morgan fingerprint density at radius 3 is 2.43 bits per heavy atom. The Morgan fingerprint density at radius 2 is 1.86 bits per heavy atom. The smallest absolute Gasteiger partial charge is 0.337 e. The van der Waals surface area contributed by atoms with Crippen molar-refractivity contribution in [1.82, 2.24) is 0 Å². The predicted molar refractivity (Wildman–Crippen MR) is 74.9 cm³/mol. The standard InChI is InChI=1S/C16H13FO4/c1-9-4-3-5-12(14(9)15(18)19)11-7-6-10(8-13(11)17)16(20)21-2/h3-8H,1-2H3,(H,18,19). The van der Waals surface area contributed by atoms with Crippen LogP contribution in [0.4, 0.5) is 4.39 Å². The summed E-state index contributed by atoms with van der Waals surface area (Å²) in [6, 6.07) is 8.65. The van der Waals surface area contributed by atoms with Gasteiger partial charge in [0.2, 0.25) is 0 Å². The first-order valence-corrected chi connectivity index (χ1v) is 6.17. The molecule has 0 radical (unpaired) electrons. The molecule has 0 aliphatic heterocycles. The van der Waals surface area contributed by atoms with Gasteiger partial charge in [-0.05, 0) is 30.2 Å². The molecule has 2 aromatic rings. The van der Waals surface area contributed by atoms with E-state index in [1.165, 1.54) is 25.3 Å². The van der Waals surface area contributed by atoms with E-state index in [9.17, 15) is 19.1 Å². The van der Waals surface area contributed by atoms with Crippen molar-refractivity contribution in [2.24, 2.45) is 0 Å². The van der Waals surface area contributed by atoms with Gasteiger partial charge in [0.1, 0.15) is 5.82 Å². The second-order valence-corrected chi connectivity index (χ2v) is 4.49. The summed E-state index contributed by atoms with van der Waals surface area (Å²) in [5.74, 6) is -2.45. The van der Waals surface area contributed by atoms with Gasteiger partial charge in [-0.2, -0.15) is 0 Å². The molecule has 0 atom stereocenters. The van der Waals surface area contributed by atoms with Crippen molar-refractivity contribution in [3.05, 3.63) is 58.9 Å². The zero-order valence-electron chi connectivity index (χ0n) is 11.5. The van der Waals surface area contributed by atoms with Gasteiger partial charge in [0.15, 0.2) is 0 Å². The fourth-order valence-electron chi connectivity index (χ4n) is 2.15. The summed E-state index contributed by atoms with van der Waals surface area (Å²) in [5, 5.41) is 9.28. The third-order valence-corrected chi connectivity index (χ3v) is 3.17. The summed E-state index contributed by atoms with van der Waals surface area (Å²) in [4.78, 5) is 22.7. The van der Waals surface area contributed by atoms with E-state index < -0.39 is 17.8 Å². The van der Waals surface area contributed by atoms with E-state index in [0.717, 1.165) is 6.07 Å². The number of benzene rings is 2. The van der Waals surface area contributed by atoms with Crippen LogP contribution in [-0.4, -0.2) is 24.2 Å². The van der Waals surface area contributed by atoms with Gasteiger partial charge in [-0.3, -0.25) is 0 Å². The van der Waals surface area contributed by atoms with E-state index in [1.54, 1.807) is 19.1 Å². The second-order valence-electron chi connectivity index (χ2n) is 4.49. The molecule has 1 N–H and O–H groups in total. The van der Waals surface area contributed by atoms with Crippen LogP contribution in [0.3, 0.4) is 0 Å². The number of hydrogen-bond donors (Lipinski definition) is 1. The summed E-state index contributed by atoms with van der Waals surface area (Å²) in [6.45, 7) is 1.65. The minimum Gasteiger partial charge on any atom is -0.478 e.